The van der Waals surface area contributed by atoms with Gasteiger partial charge in [-0.15, -0.1) is 0 Å². The van der Waals surface area contributed by atoms with Crippen molar-refractivity contribution in [2.24, 2.45) is 0 Å². The second-order valence-electron chi connectivity index (χ2n) is 3.33. The van der Waals surface area contributed by atoms with Gasteiger partial charge in [-0.1, -0.05) is 42.3 Å². The summed E-state index contributed by atoms with van der Waals surface area (Å²) < 4.78 is 0. The molecule has 0 bridgehead atoms. The van der Waals surface area contributed by atoms with Crippen LogP contribution in [-0.2, 0) is 0 Å². The van der Waals surface area contributed by atoms with E-state index >= 15 is 0 Å². The molecule has 0 heterocycles. The predicted molar refractivity (Wildman–Crippen MR) is 64.8 cm³/mol. The van der Waals surface area contributed by atoms with Gasteiger partial charge in [0.25, 0.3) is 0 Å². The number of benzene rings is 1. The maximum atomic E-state index is 11.8. The van der Waals surface area contributed by atoms with E-state index in [2.05, 4.69) is 6.58 Å². The molecule has 0 aromatic heterocycles. The summed E-state index contributed by atoms with van der Waals surface area (Å²) >= 11 is 11.7. The van der Waals surface area contributed by atoms with Crippen LogP contribution < -0.4 is 0 Å². The summed E-state index contributed by atoms with van der Waals surface area (Å²) in [5.41, 5.74) is 1.37. The van der Waals surface area contributed by atoms with E-state index in [1.165, 1.54) is 0 Å². The average molecular weight is 243 g/mol. The van der Waals surface area contributed by atoms with Crippen molar-refractivity contribution in [3.8, 4) is 0 Å². The van der Waals surface area contributed by atoms with E-state index in [0.717, 1.165) is 12.0 Å². The van der Waals surface area contributed by atoms with Gasteiger partial charge in [0, 0.05) is 17.0 Å². The molecular formula is C12H12Cl2O. The Balaban J connectivity index is 2.91. The third kappa shape index (κ3) is 3.37. The van der Waals surface area contributed by atoms with Gasteiger partial charge in [-0.25, -0.2) is 0 Å². The van der Waals surface area contributed by atoms with Gasteiger partial charge in [-0.05, 0) is 24.6 Å². The number of allylic oxidation sites excluding steroid dienone is 1. The van der Waals surface area contributed by atoms with Crippen molar-refractivity contribution in [2.75, 3.05) is 0 Å². The minimum Gasteiger partial charge on any atom is -0.294 e. The SMILES string of the molecule is C=C(CC)CC(=O)c1cc(Cl)ccc1Cl. The van der Waals surface area contributed by atoms with Gasteiger partial charge in [-0.2, -0.15) is 0 Å². The van der Waals surface area contributed by atoms with Crippen molar-refractivity contribution in [1.29, 1.82) is 0 Å². The maximum Gasteiger partial charge on any atom is 0.168 e. The minimum atomic E-state index is -0.0330. The summed E-state index contributed by atoms with van der Waals surface area (Å²) in [6, 6.07) is 4.89. The summed E-state index contributed by atoms with van der Waals surface area (Å²) in [7, 11) is 0. The minimum absolute atomic E-state index is 0.0330. The van der Waals surface area contributed by atoms with Crippen LogP contribution in [0.2, 0.25) is 10.0 Å². The Hall–Kier alpha value is -0.790. The van der Waals surface area contributed by atoms with E-state index in [9.17, 15) is 4.79 Å². The summed E-state index contributed by atoms with van der Waals surface area (Å²) in [6.45, 7) is 5.76. The van der Waals surface area contributed by atoms with E-state index in [1.54, 1.807) is 18.2 Å². The lowest BCUT2D eigenvalue weighted by Gasteiger charge is -2.05. The monoisotopic (exact) mass is 242 g/mol. The molecule has 0 atom stereocenters. The highest BCUT2D eigenvalue weighted by Gasteiger charge is 2.11. The molecule has 80 valence electrons. The van der Waals surface area contributed by atoms with E-state index in [4.69, 9.17) is 23.2 Å². The number of rotatable bonds is 4. The predicted octanol–water partition coefficient (Wildman–Crippen LogP) is 4.53. The first kappa shape index (κ1) is 12.3. The molecule has 0 N–H and O–H groups in total. The lowest BCUT2D eigenvalue weighted by atomic mass is 10.0. The van der Waals surface area contributed by atoms with E-state index < -0.39 is 0 Å². The smallest absolute Gasteiger partial charge is 0.168 e. The van der Waals surface area contributed by atoms with E-state index in [-0.39, 0.29) is 5.78 Å². The average Bonchev–Trinajstić information content (AvgIpc) is 2.21. The van der Waals surface area contributed by atoms with E-state index in [0.29, 0.717) is 22.0 Å². The summed E-state index contributed by atoms with van der Waals surface area (Å²) in [5.74, 6) is -0.0330. The van der Waals surface area contributed by atoms with Crippen molar-refractivity contribution in [2.45, 2.75) is 19.8 Å². The Morgan fingerprint density at radius 1 is 1.40 bits per heavy atom. The zero-order valence-corrected chi connectivity index (χ0v) is 10.0. The normalized spacial score (nSPS) is 10.1. The van der Waals surface area contributed by atoms with Crippen molar-refractivity contribution in [1.82, 2.24) is 0 Å². The molecule has 3 heteroatoms. The molecule has 0 aliphatic carbocycles. The first-order valence-corrected chi connectivity index (χ1v) is 5.45. The van der Waals surface area contributed by atoms with Crippen LogP contribution >= 0.6 is 23.2 Å². The van der Waals surface area contributed by atoms with Crippen LogP contribution in [0.1, 0.15) is 30.1 Å². The van der Waals surface area contributed by atoms with Crippen molar-refractivity contribution in [3.05, 3.63) is 46.0 Å². The zero-order valence-electron chi connectivity index (χ0n) is 8.52. The number of carbonyl (C=O) groups excluding carboxylic acids is 1. The molecule has 0 spiro atoms. The second kappa shape index (κ2) is 5.34. The lowest BCUT2D eigenvalue weighted by molar-refractivity contribution is 0.0992. The molecule has 1 nitrogen and oxygen atoms in total. The number of halogens is 2. The molecule has 1 rings (SSSR count). The van der Waals surface area contributed by atoms with Crippen LogP contribution in [-0.4, -0.2) is 5.78 Å². The first-order valence-electron chi connectivity index (χ1n) is 4.69. The van der Waals surface area contributed by atoms with Gasteiger partial charge in [-0.3, -0.25) is 4.79 Å². The van der Waals surface area contributed by atoms with Gasteiger partial charge < -0.3 is 0 Å². The van der Waals surface area contributed by atoms with E-state index in [1.807, 2.05) is 6.92 Å². The molecule has 0 unspecified atom stereocenters. The Bertz CT molecular complexity index is 397. The number of carbonyl (C=O) groups is 1. The first-order chi connectivity index (χ1) is 7.04. The Labute approximate surface area is 99.7 Å². The fourth-order valence-corrected chi connectivity index (χ4v) is 1.55. The molecule has 1 aromatic carbocycles. The molecule has 15 heavy (non-hydrogen) atoms. The maximum absolute atomic E-state index is 11.8. The quantitative estimate of drug-likeness (QED) is 0.560. The van der Waals surface area contributed by atoms with Crippen LogP contribution in [0.25, 0.3) is 0 Å². The largest absolute Gasteiger partial charge is 0.294 e. The molecular weight excluding hydrogens is 231 g/mol. The highest BCUT2D eigenvalue weighted by molar-refractivity contribution is 6.35. The topological polar surface area (TPSA) is 17.1 Å². The Morgan fingerprint density at radius 3 is 2.67 bits per heavy atom. The van der Waals surface area contributed by atoms with Crippen molar-refractivity contribution >= 4 is 29.0 Å². The van der Waals surface area contributed by atoms with Gasteiger partial charge in [0.15, 0.2) is 5.78 Å². The third-order valence-electron chi connectivity index (χ3n) is 2.14. The van der Waals surface area contributed by atoms with Gasteiger partial charge in [0.05, 0.1) is 5.02 Å². The van der Waals surface area contributed by atoms with Crippen LogP contribution in [0.3, 0.4) is 0 Å². The number of ketones is 1. The Kier molecular flexibility index (Phi) is 4.37. The molecule has 0 saturated heterocycles. The fourth-order valence-electron chi connectivity index (χ4n) is 1.16. The van der Waals surface area contributed by atoms with Crippen LogP contribution in [0.15, 0.2) is 30.4 Å². The Morgan fingerprint density at radius 2 is 2.07 bits per heavy atom. The molecule has 0 saturated carbocycles. The van der Waals surface area contributed by atoms with Crippen LogP contribution in [0, 0.1) is 0 Å². The molecule has 1 aromatic rings. The van der Waals surface area contributed by atoms with Gasteiger partial charge in [0.1, 0.15) is 0 Å². The molecule has 0 radical (unpaired) electrons. The van der Waals surface area contributed by atoms with Crippen molar-refractivity contribution < 1.29 is 4.79 Å². The molecule has 0 fully saturated rings. The van der Waals surface area contributed by atoms with Crippen LogP contribution in [0.5, 0.6) is 0 Å². The lowest BCUT2D eigenvalue weighted by Crippen LogP contribution is -2.01. The summed E-state index contributed by atoms with van der Waals surface area (Å²) in [4.78, 5) is 11.8. The summed E-state index contributed by atoms with van der Waals surface area (Å²) in [6.07, 6.45) is 1.13. The van der Waals surface area contributed by atoms with Crippen LogP contribution in [0.4, 0.5) is 0 Å². The van der Waals surface area contributed by atoms with Crippen molar-refractivity contribution in [3.63, 3.8) is 0 Å². The highest BCUT2D eigenvalue weighted by Crippen LogP contribution is 2.23. The molecule has 0 amide bonds. The standard InChI is InChI=1S/C12H12Cl2O/c1-3-8(2)6-12(15)10-7-9(13)4-5-11(10)14/h4-5,7H,2-3,6H2,1H3. The second-order valence-corrected chi connectivity index (χ2v) is 4.17. The fraction of sp³-hybridized carbons (Fsp3) is 0.250. The number of hydrogen-bond acceptors (Lipinski definition) is 1. The third-order valence-corrected chi connectivity index (χ3v) is 2.70. The molecule has 0 aliphatic rings. The zero-order chi connectivity index (χ0) is 11.4. The summed E-state index contributed by atoms with van der Waals surface area (Å²) in [5, 5.41) is 0.957. The van der Waals surface area contributed by atoms with Gasteiger partial charge in [0.2, 0.25) is 0 Å². The molecule has 0 aliphatic heterocycles. The number of hydrogen-bond donors (Lipinski definition) is 0. The van der Waals surface area contributed by atoms with Gasteiger partial charge >= 0.3 is 0 Å². The number of Topliss-reactive ketones (excluding diaryl/α,β-unsaturated/α-hetero) is 1. The highest BCUT2D eigenvalue weighted by atomic mass is 35.5.